The highest BCUT2D eigenvalue weighted by atomic mass is 16.4. The molecule has 1 aliphatic carbocycles. The third-order valence-electron chi connectivity index (χ3n) is 5.55. The molecular formula is C14H20N4O3. The van der Waals surface area contributed by atoms with E-state index in [1.807, 2.05) is 4.90 Å². The number of rotatable bonds is 3. The third kappa shape index (κ3) is 1.86. The SMILES string of the molecule is CC1(C)C(C(=O)N2CC(n3cc(C(=O)O)nn3)C2)C1(C)C. The Hall–Kier alpha value is -1.92. The lowest BCUT2D eigenvalue weighted by Crippen LogP contribution is -2.52. The first-order valence-electron chi connectivity index (χ1n) is 7.10. The molecule has 0 unspecified atom stereocenters. The predicted molar refractivity (Wildman–Crippen MR) is 73.7 cm³/mol. The van der Waals surface area contributed by atoms with E-state index in [4.69, 9.17) is 5.11 Å². The maximum atomic E-state index is 12.5. The Morgan fingerprint density at radius 1 is 1.24 bits per heavy atom. The molecule has 1 amide bonds. The molecule has 1 aliphatic heterocycles. The Bertz CT molecular complexity index is 599. The number of amides is 1. The molecule has 1 aromatic rings. The van der Waals surface area contributed by atoms with Crippen LogP contribution in [0.1, 0.15) is 44.2 Å². The number of likely N-dealkylation sites (tertiary alicyclic amines) is 1. The average Bonchev–Trinajstić information content (AvgIpc) is 2.66. The summed E-state index contributed by atoms with van der Waals surface area (Å²) in [6.07, 6.45) is 1.42. The van der Waals surface area contributed by atoms with Crippen LogP contribution in [0.3, 0.4) is 0 Å². The van der Waals surface area contributed by atoms with Gasteiger partial charge < -0.3 is 10.0 Å². The second-order valence-corrected chi connectivity index (χ2v) is 7.16. The molecule has 0 radical (unpaired) electrons. The van der Waals surface area contributed by atoms with Crippen LogP contribution in [0.15, 0.2) is 6.20 Å². The van der Waals surface area contributed by atoms with Crippen molar-refractivity contribution in [1.82, 2.24) is 19.9 Å². The second-order valence-electron chi connectivity index (χ2n) is 7.16. The maximum absolute atomic E-state index is 12.5. The van der Waals surface area contributed by atoms with Gasteiger partial charge in [-0.05, 0) is 10.8 Å². The van der Waals surface area contributed by atoms with Crippen molar-refractivity contribution < 1.29 is 14.7 Å². The summed E-state index contributed by atoms with van der Waals surface area (Å²) in [7, 11) is 0. The fraction of sp³-hybridized carbons (Fsp3) is 0.714. The van der Waals surface area contributed by atoms with Crippen molar-refractivity contribution in [2.75, 3.05) is 13.1 Å². The van der Waals surface area contributed by atoms with Gasteiger partial charge >= 0.3 is 5.97 Å². The molecule has 7 nitrogen and oxygen atoms in total. The lowest BCUT2D eigenvalue weighted by Gasteiger charge is -2.39. The van der Waals surface area contributed by atoms with Crippen LogP contribution in [0.2, 0.25) is 0 Å². The number of carboxylic acids is 1. The first-order chi connectivity index (χ1) is 9.66. The fourth-order valence-electron chi connectivity index (χ4n) is 3.35. The quantitative estimate of drug-likeness (QED) is 0.899. The van der Waals surface area contributed by atoms with Crippen molar-refractivity contribution in [2.24, 2.45) is 16.7 Å². The monoisotopic (exact) mass is 292 g/mol. The standard InChI is InChI=1S/C14H20N4O3/c1-13(2)10(14(13,3)4)11(19)17-5-8(6-17)18-7-9(12(20)21)15-16-18/h7-8,10H,5-6H2,1-4H3,(H,20,21). The molecule has 3 rings (SSSR count). The van der Waals surface area contributed by atoms with Crippen molar-refractivity contribution in [3.63, 3.8) is 0 Å². The molecule has 2 fully saturated rings. The van der Waals surface area contributed by atoms with Crippen molar-refractivity contribution >= 4 is 11.9 Å². The molecule has 0 atom stereocenters. The van der Waals surface area contributed by atoms with E-state index in [0.717, 1.165) is 0 Å². The average molecular weight is 292 g/mol. The minimum Gasteiger partial charge on any atom is -0.476 e. The molecule has 0 bridgehead atoms. The van der Waals surface area contributed by atoms with E-state index in [9.17, 15) is 9.59 Å². The molecule has 114 valence electrons. The third-order valence-corrected chi connectivity index (χ3v) is 5.55. The first-order valence-corrected chi connectivity index (χ1v) is 7.10. The molecule has 1 N–H and O–H groups in total. The summed E-state index contributed by atoms with van der Waals surface area (Å²) >= 11 is 0. The number of carbonyl (C=O) groups excluding carboxylic acids is 1. The predicted octanol–water partition coefficient (Wildman–Crippen LogP) is 1.04. The number of aromatic nitrogens is 3. The minimum atomic E-state index is -1.09. The van der Waals surface area contributed by atoms with E-state index in [-0.39, 0.29) is 34.4 Å². The van der Waals surface area contributed by atoms with Crippen LogP contribution < -0.4 is 0 Å². The van der Waals surface area contributed by atoms with Crippen LogP contribution >= 0.6 is 0 Å². The van der Waals surface area contributed by atoms with Crippen molar-refractivity contribution in [3.8, 4) is 0 Å². The highest BCUT2D eigenvalue weighted by Crippen LogP contribution is 2.69. The molecule has 0 aromatic carbocycles. The smallest absolute Gasteiger partial charge is 0.358 e. The Morgan fingerprint density at radius 3 is 2.24 bits per heavy atom. The van der Waals surface area contributed by atoms with Gasteiger partial charge in [0.1, 0.15) is 0 Å². The van der Waals surface area contributed by atoms with Gasteiger partial charge in [-0.25, -0.2) is 9.48 Å². The summed E-state index contributed by atoms with van der Waals surface area (Å²) in [6, 6.07) is 0.0273. The largest absolute Gasteiger partial charge is 0.476 e. The molecular weight excluding hydrogens is 272 g/mol. The molecule has 2 heterocycles. The van der Waals surface area contributed by atoms with E-state index in [1.165, 1.54) is 10.9 Å². The molecule has 1 saturated heterocycles. The van der Waals surface area contributed by atoms with Crippen LogP contribution in [0.4, 0.5) is 0 Å². The maximum Gasteiger partial charge on any atom is 0.358 e. The van der Waals surface area contributed by atoms with E-state index in [0.29, 0.717) is 13.1 Å². The zero-order valence-corrected chi connectivity index (χ0v) is 12.7. The van der Waals surface area contributed by atoms with Crippen LogP contribution in [-0.2, 0) is 4.79 Å². The molecule has 0 spiro atoms. The molecule has 1 aromatic heterocycles. The number of hydrogen-bond acceptors (Lipinski definition) is 4. The Labute approximate surface area is 122 Å². The van der Waals surface area contributed by atoms with Gasteiger partial charge in [0.25, 0.3) is 0 Å². The van der Waals surface area contributed by atoms with Crippen LogP contribution in [0.5, 0.6) is 0 Å². The zero-order chi connectivity index (χ0) is 15.6. The van der Waals surface area contributed by atoms with Gasteiger partial charge in [-0.15, -0.1) is 5.10 Å². The summed E-state index contributed by atoms with van der Waals surface area (Å²) in [5.41, 5.74) is 0.0156. The molecule has 2 aliphatic rings. The van der Waals surface area contributed by atoms with Crippen molar-refractivity contribution in [1.29, 1.82) is 0 Å². The van der Waals surface area contributed by atoms with Gasteiger partial charge in [-0.3, -0.25) is 4.79 Å². The number of hydrogen-bond donors (Lipinski definition) is 1. The minimum absolute atomic E-state index is 0.0273. The van der Waals surface area contributed by atoms with E-state index >= 15 is 0 Å². The Kier molecular flexibility index (Phi) is 2.71. The normalized spacial score (nSPS) is 23.7. The van der Waals surface area contributed by atoms with Crippen LogP contribution in [0.25, 0.3) is 0 Å². The molecule has 7 heteroatoms. The fourth-order valence-corrected chi connectivity index (χ4v) is 3.35. The topological polar surface area (TPSA) is 88.3 Å². The summed E-state index contributed by atoms with van der Waals surface area (Å²) in [4.78, 5) is 25.1. The number of nitrogens with zero attached hydrogens (tertiary/aromatic N) is 4. The highest BCUT2D eigenvalue weighted by molar-refractivity contribution is 5.85. The lowest BCUT2D eigenvalue weighted by molar-refractivity contribution is -0.140. The van der Waals surface area contributed by atoms with Gasteiger partial charge in [0.05, 0.1) is 12.2 Å². The number of aromatic carboxylic acids is 1. The summed E-state index contributed by atoms with van der Waals surface area (Å²) in [6.45, 7) is 9.66. The van der Waals surface area contributed by atoms with Gasteiger partial charge in [-0.2, -0.15) is 0 Å². The summed E-state index contributed by atoms with van der Waals surface area (Å²) in [5, 5.41) is 16.2. The van der Waals surface area contributed by atoms with Crippen LogP contribution in [0, 0.1) is 16.7 Å². The summed E-state index contributed by atoms with van der Waals surface area (Å²) < 4.78 is 1.54. The first kappa shape index (κ1) is 14.0. The van der Waals surface area contributed by atoms with Gasteiger partial charge in [0.15, 0.2) is 5.69 Å². The Morgan fingerprint density at radius 2 is 1.81 bits per heavy atom. The van der Waals surface area contributed by atoms with E-state index in [2.05, 4.69) is 38.0 Å². The van der Waals surface area contributed by atoms with Crippen molar-refractivity contribution in [3.05, 3.63) is 11.9 Å². The van der Waals surface area contributed by atoms with Gasteiger partial charge in [-0.1, -0.05) is 32.9 Å². The van der Waals surface area contributed by atoms with Crippen molar-refractivity contribution in [2.45, 2.75) is 33.7 Å². The molecule has 1 saturated carbocycles. The molecule has 21 heavy (non-hydrogen) atoms. The van der Waals surface area contributed by atoms with E-state index < -0.39 is 5.97 Å². The van der Waals surface area contributed by atoms with E-state index in [1.54, 1.807) is 0 Å². The van der Waals surface area contributed by atoms with Gasteiger partial charge in [0.2, 0.25) is 5.91 Å². The Balaban J connectivity index is 1.61. The summed E-state index contributed by atoms with van der Waals surface area (Å²) in [5.74, 6) is -0.828. The zero-order valence-electron chi connectivity index (χ0n) is 12.7. The van der Waals surface area contributed by atoms with Gasteiger partial charge in [0, 0.05) is 19.0 Å². The highest BCUT2D eigenvalue weighted by Gasteiger charge is 2.69. The van der Waals surface area contributed by atoms with Crippen LogP contribution in [-0.4, -0.2) is 50.0 Å². The number of carbonyl (C=O) groups is 2. The number of carboxylic acid groups (broad SMARTS) is 1. The lowest BCUT2D eigenvalue weighted by atomic mass is 10.0. The second kappa shape index (κ2) is 4.05.